The molecule has 1 aromatic carbocycles. The lowest BCUT2D eigenvalue weighted by atomic mass is 10.0. The number of hydrogen-bond donors (Lipinski definition) is 1. The van der Waals surface area contributed by atoms with E-state index in [2.05, 4.69) is 16.8 Å². The largest absolute Gasteiger partial charge is 0.334 e. The van der Waals surface area contributed by atoms with E-state index in [-0.39, 0.29) is 11.8 Å². The zero-order valence-electron chi connectivity index (χ0n) is 14.3. The van der Waals surface area contributed by atoms with Crippen molar-refractivity contribution >= 4 is 40.2 Å². The zero-order chi connectivity index (χ0) is 18.1. The third-order valence-electron chi connectivity index (χ3n) is 4.65. The molecule has 4 nitrogen and oxygen atoms in total. The molecule has 1 aliphatic rings. The van der Waals surface area contributed by atoms with Crippen LogP contribution in [0, 0.1) is 6.92 Å². The second kappa shape index (κ2) is 7.05. The summed E-state index contributed by atoms with van der Waals surface area (Å²) in [6.07, 6.45) is 0.909. The van der Waals surface area contributed by atoms with Gasteiger partial charge in [-0.3, -0.25) is 9.59 Å². The third kappa shape index (κ3) is 3.18. The Balaban J connectivity index is 1.56. The maximum absolute atomic E-state index is 13.0. The lowest BCUT2D eigenvalue weighted by Gasteiger charge is -2.28. The average molecular weight is 383 g/mol. The molecule has 0 spiro atoms. The molecule has 3 heterocycles. The fourth-order valence-corrected chi connectivity index (χ4v) is 4.70. The number of amides is 2. The lowest BCUT2D eigenvalue weighted by molar-refractivity contribution is 0.0735. The van der Waals surface area contributed by atoms with Crippen LogP contribution in [0.1, 0.15) is 36.0 Å². The minimum Gasteiger partial charge on any atom is -0.334 e. The van der Waals surface area contributed by atoms with Gasteiger partial charge < -0.3 is 10.2 Å². The van der Waals surface area contributed by atoms with Gasteiger partial charge in [-0.05, 0) is 59.5 Å². The quantitative estimate of drug-likeness (QED) is 0.721. The highest BCUT2D eigenvalue weighted by Crippen LogP contribution is 2.27. The van der Waals surface area contributed by atoms with Crippen molar-refractivity contribution in [3.8, 4) is 0 Å². The Labute approximate surface area is 160 Å². The van der Waals surface area contributed by atoms with Gasteiger partial charge >= 0.3 is 0 Å². The maximum Gasteiger partial charge on any atom is 0.265 e. The zero-order valence-corrected chi connectivity index (χ0v) is 16.0. The number of rotatable bonds is 3. The first kappa shape index (κ1) is 17.0. The van der Waals surface area contributed by atoms with Gasteiger partial charge in [-0.15, -0.1) is 22.7 Å². The molecule has 2 amide bonds. The molecular weight excluding hydrogens is 364 g/mol. The van der Waals surface area contributed by atoms with Crippen LogP contribution in [0.5, 0.6) is 0 Å². The maximum atomic E-state index is 13.0. The number of carbonyl (C=O) groups is 2. The Hall–Kier alpha value is -2.44. The number of fused-ring (bicyclic) bond motifs is 1. The number of carbonyl (C=O) groups excluding carboxylic acids is 2. The predicted molar refractivity (Wildman–Crippen MR) is 106 cm³/mol. The Kier molecular flexibility index (Phi) is 4.61. The van der Waals surface area contributed by atoms with Gasteiger partial charge in [-0.25, -0.2) is 0 Å². The second-order valence-corrected chi connectivity index (χ2v) is 8.20. The Bertz CT molecular complexity index is 960. The number of hydrogen-bond acceptors (Lipinski definition) is 4. The van der Waals surface area contributed by atoms with Crippen LogP contribution in [0.4, 0.5) is 5.69 Å². The van der Waals surface area contributed by atoms with Crippen molar-refractivity contribution in [2.75, 3.05) is 11.9 Å². The molecule has 26 heavy (non-hydrogen) atoms. The van der Waals surface area contributed by atoms with Gasteiger partial charge in [0, 0.05) is 29.2 Å². The fourth-order valence-electron chi connectivity index (χ4n) is 3.19. The summed E-state index contributed by atoms with van der Waals surface area (Å²) in [4.78, 5) is 29.3. The van der Waals surface area contributed by atoms with Gasteiger partial charge in [-0.1, -0.05) is 12.1 Å². The molecule has 132 valence electrons. The van der Waals surface area contributed by atoms with E-state index in [4.69, 9.17) is 0 Å². The summed E-state index contributed by atoms with van der Waals surface area (Å²) in [6.45, 7) is 3.28. The normalized spacial score (nSPS) is 13.3. The molecule has 0 atom stereocenters. The summed E-state index contributed by atoms with van der Waals surface area (Å²) in [7, 11) is 0. The van der Waals surface area contributed by atoms with E-state index in [1.165, 1.54) is 21.8 Å². The summed E-state index contributed by atoms with van der Waals surface area (Å²) >= 11 is 3.16. The highest BCUT2D eigenvalue weighted by atomic mass is 32.1. The first-order valence-electron chi connectivity index (χ1n) is 8.42. The highest BCUT2D eigenvalue weighted by Gasteiger charge is 2.24. The van der Waals surface area contributed by atoms with Crippen molar-refractivity contribution in [2.24, 2.45) is 0 Å². The monoisotopic (exact) mass is 382 g/mol. The molecule has 2 aromatic heterocycles. The number of thiophene rings is 2. The summed E-state index contributed by atoms with van der Waals surface area (Å²) in [5.74, 6) is -0.125. The van der Waals surface area contributed by atoms with Crippen LogP contribution in [0.15, 0.2) is 47.2 Å². The van der Waals surface area contributed by atoms with Gasteiger partial charge in [0.2, 0.25) is 0 Å². The topological polar surface area (TPSA) is 49.4 Å². The van der Waals surface area contributed by atoms with Crippen LogP contribution in [0.2, 0.25) is 0 Å². The summed E-state index contributed by atoms with van der Waals surface area (Å²) in [6, 6.07) is 11.2. The molecular formula is C20H18N2O2S2. The third-order valence-corrected chi connectivity index (χ3v) is 6.54. The molecule has 0 radical (unpaired) electrons. The van der Waals surface area contributed by atoms with Gasteiger partial charge in [-0.2, -0.15) is 0 Å². The van der Waals surface area contributed by atoms with Gasteiger partial charge in [0.1, 0.15) is 0 Å². The number of nitrogens with zero attached hydrogens (tertiary/aromatic N) is 1. The van der Waals surface area contributed by atoms with E-state index in [9.17, 15) is 9.59 Å². The van der Waals surface area contributed by atoms with Crippen molar-refractivity contribution < 1.29 is 9.59 Å². The first-order chi connectivity index (χ1) is 12.6. The Morgan fingerprint density at radius 1 is 1.08 bits per heavy atom. The molecule has 0 saturated carbocycles. The SMILES string of the molecule is Cc1c(NC(=O)c2cccs2)cccc1C(=O)N1CCc2sccc2C1. The van der Waals surface area contributed by atoms with Crippen LogP contribution in [0.3, 0.4) is 0 Å². The molecule has 1 aliphatic heterocycles. The summed E-state index contributed by atoms with van der Waals surface area (Å²) in [5, 5.41) is 6.88. The lowest BCUT2D eigenvalue weighted by Crippen LogP contribution is -2.35. The smallest absolute Gasteiger partial charge is 0.265 e. The number of anilines is 1. The molecule has 6 heteroatoms. The van der Waals surface area contributed by atoms with Gasteiger partial charge in [0.15, 0.2) is 0 Å². The van der Waals surface area contributed by atoms with E-state index in [0.717, 1.165) is 18.5 Å². The first-order valence-corrected chi connectivity index (χ1v) is 10.2. The fraction of sp³-hybridized carbons (Fsp3) is 0.200. The van der Waals surface area contributed by atoms with Crippen LogP contribution in [-0.4, -0.2) is 23.3 Å². The predicted octanol–water partition coefficient (Wildman–Crippen LogP) is 4.57. The molecule has 4 rings (SSSR count). The second-order valence-electron chi connectivity index (χ2n) is 6.26. The molecule has 0 fully saturated rings. The van der Waals surface area contributed by atoms with E-state index >= 15 is 0 Å². The van der Waals surface area contributed by atoms with Crippen molar-refractivity contribution in [1.82, 2.24) is 4.90 Å². The van der Waals surface area contributed by atoms with Crippen molar-refractivity contribution in [1.29, 1.82) is 0 Å². The highest BCUT2D eigenvalue weighted by molar-refractivity contribution is 7.12. The number of nitrogens with one attached hydrogen (secondary N) is 1. The molecule has 1 N–H and O–H groups in total. The molecule has 3 aromatic rings. The van der Waals surface area contributed by atoms with Crippen molar-refractivity contribution in [2.45, 2.75) is 19.9 Å². The molecule has 0 aliphatic carbocycles. The van der Waals surface area contributed by atoms with Gasteiger partial charge in [0.25, 0.3) is 11.8 Å². The van der Waals surface area contributed by atoms with Gasteiger partial charge in [0.05, 0.1) is 4.88 Å². The molecule has 0 saturated heterocycles. The molecule has 0 bridgehead atoms. The summed E-state index contributed by atoms with van der Waals surface area (Å²) in [5.41, 5.74) is 3.38. The average Bonchev–Trinajstić information content (AvgIpc) is 3.34. The van der Waals surface area contributed by atoms with Crippen LogP contribution >= 0.6 is 22.7 Å². The van der Waals surface area contributed by atoms with Crippen molar-refractivity contribution in [3.63, 3.8) is 0 Å². The van der Waals surface area contributed by atoms with Crippen LogP contribution in [-0.2, 0) is 13.0 Å². The van der Waals surface area contributed by atoms with E-state index in [1.807, 2.05) is 41.5 Å². The Morgan fingerprint density at radius 3 is 2.77 bits per heavy atom. The standard InChI is InChI=1S/C20H18N2O2S2/c1-13-15(20(24)22-9-7-17-14(12-22)8-11-26-17)4-2-5-16(13)21-19(23)18-6-3-10-25-18/h2-6,8,10-11H,7,9,12H2,1H3,(H,21,23). The Morgan fingerprint density at radius 2 is 1.96 bits per heavy atom. The van der Waals surface area contributed by atoms with Crippen molar-refractivity contribution in [3.05, 3.63) is 73.6 Å². The minimum atomic E-state index is -0.145. The van der Waals surface area contributed by atoms with Crippen LogP contribution < -0.4 is 5.32 Å². The number of benzene rings is 1. The van der Waals surface area contributed by atoms with E-state index in [0.29, 0.717) is 22.7 Å². The van der Waals surface area contributed by atoms with E-state index < -0.39 is 0 Å². The van der Waals surface area contributed by atoms with E-state index in [1.54, 1.807) is 17.4 Å². The minimum absolute atomic E-state index is 0.0200. The summed E-state index contributed by atoms with van der Waals surface area (Å²) < 4.78 is 0. The van der Waals surface area contributed by atoms with Crippen LogP contribution in [0.25, 0.3) is 0 Å². The molecule has 0 unspecified atom stereocenters.